The summed E-state index contributed by atoms with van der Waals surface area (Å²) in [5, 5.41) is 19.4. The van der Waals surface area contributed by atoms with Gasteiger partial charge in [0.15, 0.2) is 6.29 Å². The SMILES string of the molecule is CCCC[C@H](C)C[C@H](O)/C=C/[C@@H]1[C@@H](C/C=C\CCCC(=O)O)[C@H](Cl)C[C@H]1OC1CCCCO1. The fourth-order valence-corrected chi connectivity index (χ4v) is 5.41. The molecular formula is C27H45ClO5. The molecule has 2 aliphatic rings. The normalized spacial score (nSPS) is 30.2. The number of carbonyl (C=O) groups is 1. The standard InChI is InChI=1S/C27H45ClO5/c1-3-4-11-20(2)18-21(29)15-16-23-22(12-7-5-6-8-13-26(30)31)24(28)19-25(23)33-27-14-9-10-17-32-27/h5,7,15-16,20-25,27,29H,3-4,6,8-14,17-19H2,1-2H3,(H,30,31)/b7-5-,16-15+/t20-,21+,22+,23+,24+,25+,27?/m0/s1. The van der Waals surface area contributed by atoms with Gasteiger partial charge in [-0.05, 0) is 63.2 Å². The molecule has 0 aromatic heterocycles. The van der Waals surface area contributed by atoms with Gasteiger partial charge in [0, 0.05) is 24.3 Å². The van der Waals surface area contributed by atoms with Gasteiger partial charge in [-0.2, -0.15) is 0 Å². The Hall–Kier alpha value is -0.880. The minimum absolute atomic E-state index is 0.00229. The molecule has 0 radical (unpaired) electrons. The molecule has 1 saturated heterocycles. The zero-order valence-electron chi connectivity index (χ0n) is 20.5. The van der Waals surface area contributed by atoms with Crippen LogP contribution in [-0.4, -0.2) is 46.7 Å². The first-order chi connectivity index (χ1) is 15.9. The molecule has 1 heterocycles. The molecule has 7 atom stereocenters. The predicted octanol–water partition coefficient (Wildman–Crippen LogP) is 6.48. The third-order valence-corrected chi connectivity index (χ3v) is 7.40. The van der Waals surface area contributed by atoms with Gasteiger partial charge in [0.05, 0.1) is 12.2 Å². The monoisotopic (exact) mass is 484 g/mol. The Morgan fingerprint density at radius 2 is 2.09 bits per heavy atom. The molecule has 5 nitrogen and oxygen atoms in total. The van der Waals surface area contributed by atoms with E-state index in [1.807, 2.05) is 6.08 Å². The highest BCUT2D eigenvalue weighted by molar-refractivity contribution is 6.21. The first kappa shape index (κ1) is 28.4. The van der Waals surface area contributed by atoms with Crippen molar-refractivity contribution in [3.05, 3.63) is 24.3 Å². The van der Waals surface area contributed by atoms with Crippen LogP contribution in [0.2, 0.25) is 0 Å². The first-order valence-electron chi connectivity index (χ1n) is 13.0. The van der Waals surface area contributed by atoms with Crippen molar-refractivity contribution in [1.82, 2.24) is 0 Å². The number of aliphatic hydroxyl groups excluding tert-OH is 1. The topological polar surface area (TPSA) is 76.0 Å². The fraction of sp³-hybridized carbons (Fsp3) is 0.815. The second-order valence-corrected chi connectivity index (χ2v) is 10.5. The molecule has 2 N–H and O–H groups in total. The van der Waals surface area contributed by atoms with Gasteiger partial charge in [-0.15, -0.1) is 11.6 Å². The summed E-state index contributed by atoms with van der Waals surface area (Å²) in [6, 6.07) is 0. The van der Waals surface area contributed by atoms with E-state index in [0.717, 1.165) is 58.0 Å². The van der Waals surface area contributed by atoms with E-state index < -0.39 is 12.1 Å². The van der Waals surface area contributed by atoms with Gasteiger partial charge < -0.3 is 19.7 Å². The second-order valence-electron chi connectivity index (χ2n) is 9.89. The number of unbranched alkanes of at least 4 members (excludes halogenated alkanes) is 2. The molecule has 6 heteroatoms. The van der Waals surface area contributed by atoms with Gasteiger partial charge in [0.25, 0.3) is 0 Å². The Labute approximate surface area is 205 Å². The smallest absolute Gasteiger partial charge is 0.303 e. The van der Waals surface area contributed by atoms with Crippen LogP contribution in [0.5, 0.6) is 0 Å². The molecule has 1 saturated carbocycles. The van der Waals surface area contributed by atoms with Crippen molar-refractivity contribution in [2.75, 3.05) is 6.61 Å². The number of halogens is 1. The van der Waals surface area contributed by atoms with Crippen molar-refractivity contribution < 1.29 is 24.5 Å². The summed E-state index contributed by atoms with van der Waals surface area (Å²) in [5.74, 6) is 0.0955. The molecule has 0 bridgehead atoms. The van der Waals surface area contributed by atoms with Crippen LogP contribution in [0, 0.1) is 17.8 Å². The van der Waals surface area contributed by atoms with E-state index in [1.165, 1.54) is 12.8 Å². The van der Waals surface area contributed by atoms with E-state index >= 15 is 0 Å². The molecular weight excluding hydrogens is 440 g/mol. The van der Waals surface area contributed by atoms with Crippen LogP contribution < -0.4 is 0 Å². The summed E-state index contributed by atoms with van der Waals surface area (Å²) in [4.78, 5) is 10.7. The average Bonchev–Trinajstić information content (AvgIpc) is 3.07. The maximum absolute atomic E-state index is 10.7. The number of carboxylic acid groups (broad SMARTS) is 1. The van der Waals surface area contributed by atoms with Crippen molar-refractivity contribution in [2.45, 2.75) is 115 Å². The number of aliphatic carboxylic acids is 1. The van der Waals surface area contributed by atoms with Crippen molar-refractivity contribution in [3.8, 4) is 0 Å². The largest absolute Gasteiger partial charge is 0.481 e. The molecule has 1 aliphatic heterocycles. The van der Waals surface area contributed by atoms with Gasteiger partial charge in [0.1, 0.15) is 0 Å². The lowest BCUT2D eigenvalue weighted by atomic mass is 9.89. The number of hydrogen-bond acceptors (Lipinski definition) is 4. The lowest BCUT2D eigenvalue weighted by Gasteiger charge is -2.29. The molecule has 0 aromatic carbocycles. The Balaban J connectivity index is 1.98. The van der Waals surface area contributed by atoms with Gasteiger partial charge in [-0.25, -0.2) is 0 Å². The van der Waals surface area contributed by atoms with Crippen LogP contribution >= 0.6 is 11.6 Å². The zero-order chi connectivity index (χ0) is 24.1. The Morgan fingerprint density at radius 1 is 1.27 bits per heavy atom. The summed E-state index contributed by atoms with van der Waals surface area (Å²) >= 11 is 6.80. The minimum atomic E-state index is -0.752. The molecule has 33 heavy (non-hydrogen) atoms. The Bertz CT molecular complexity index is 601. The van der Waals surface area contributed by atoms with Crippen LogP contribution in [0.1, 0.15) is 90.9 Å². The Kier molecular flexibility index (Phi) is 13.7. The summed E-state index contributed by atoms with van der Waals surface area (Å²) in [6.07, 6.45) is 18.3. The van der Waals surface area contributed by atoms with Crippen LogP contribution in [-0.2, 0) is 14.3 Å². The van der Waals surface area contributed by atoms with Crippen LogP contribution in [0.4, 0.5) is 0 Å². The van der Waals surface area contributed by atoms with Crippen molar-refractivity contribution in [2.24, 2.45) is 17.8 Å². The van der Waals surface area contributed by atoms with Crippen LogP contribution in [0.25, 0.3) is 0 Å². The zero-order valence-corrected chi connectivity index (χ0v) is 21.3. The van der Waals surface area contributed by atoms with Crippen LogP contribution in [0.15, 0.2) is 24.3 Å². The number of alkyl halides is 1. The van der Waals surface area contributed by atoms with Gasteiger partial charge >= 0.3 is 5.97 Å². The van der Waals surface area contributed by atoms with Gasteiger partial charge in [0.2, 0.25) is 0 Å². The van der Waals surface area contributed by atoms with Crippen LogP contribution in [0.3, 0.4) is 0 Å². The van der Waals surface area contributed by atoms with Gasteiger partial charge in [-0.3, -0.25) is 4.79 Å². The highest BCUT2D eigenvalue weighted by atomic mass is 35.5. The van der Waals surface area contributed by atoms with E-state index in [1.54, 1.807) is 0 Å². The average molecular weight is 485 g/mol. The lowest BCUT2D eigenvalue weighted by molar-refractivity contribution is -0.192. The molecule has 190 valence electrons. The summed E-state index contributed by atoms with van der Waals surface area (Å²) < 4.78 is 12.2. The van der Waals surface area contributed by atoms with E-state index in [2.05, 4.69) is 32.1 Å². The quantitative estimate of drug-likeness (QED) is 0.158. The fourth-order valence-electron chi connectivity index (χ4n) is 4.96. The maximum Gasteiger partial charge on any atom is 0.303 e. The van der Waals surface area contributed by atoms with E-state index in [-0.39, 0.29) is 36.0 Å². The number of allylic oxidation sites excluding steroid dienone is 2. The maximum atomic E-state index is 10.7. The molecule has 1 aliphatic carbocycles. The molecule has 0 spiro atoms. The Morgan fingerprint density at radius 3 is 2.79 bits per heavy atom. The third kappa shape index (κ3) is 10.9. The number of rotatable bonds is 15. The number of aliphatic hydroxyl groups is 1. The van der Waals surface area contributed by atoms with Crippen molar-refractivity contribution in [1.29, 1.82) is 0 Å². The van der Waals surface area contributed by atoms with Crippen molar-refractivity contribution in [3.63, 3.8) is 0 Å². The summed E-state index contributed by atoms with van der Waals surface area (Å²) in [7, 11) is 0. The molecule has 0 amide bonds. The predicted molar refractivity (Wildman–Crippen MR) is 133 cm³/mol. The number of hydrogen-bond donors (Lipinski definition) is 2. The number of ether oxygens (including phenoxy) is 2. The summed E-state index contributed by atoms with van der Waals surface area (Å²) in [6.45, 7) is 5.16. The van der Waals surface area contributed by atoms with E-state index in [9.17, 15) is 9.90 Å². The van der Waals surface area contributed by atoms with E-state index in [4.69, 9.17) is 26.2 Å². The lowest BCUT2D eigenvalue weighted by Crippen LogP contribution is -2.30. The molecule has 2 rings (SSSR count). The number of carboxylic acids is 1. The second kappa shape index (κ2) is 15.9. The third-order valence-electron chi connectivity index (χ3n) is 6.90. The first-order valence-corrected chi connectivity index (χ1v) is 13.5. The van der Waals surface area contributed by atoms with Gasteiger partial charge in [-0.1, -0.05) is 57.4 Å². The molecule has 0 aromatic rings. The van der Waals surface area contributed by atoms with E-state index in [0.29, 0.717) is 12.3 Å². The highest BCUT2D eigenvalue weighted by Gasteiger charge is 2.42. The highest BCUT2D eigenvalue weighted by Crippen LogP contribution is 2.42. The summed E-state index contributed by atoms with van der Waals surface area (Å²) in [5.41, 5.74) is 0. The molecule has 2 fully saturated rings. The minimum Gasteiger partial charge on any atom is -0.481 e. The van der Waals surface area contributed by atoms with Crippen molar-refractivity contribution >= 4 is 17.6 Å². The molecule has 1 unspecified atom stereocenters.